The number of para-hydroxylation sites is 1. The summed E-state index contributed by atoms with van der Waals surface area (Å²) in [5.74, 6) is 0. The van der Waals surface area contributed by atoms with Crippen molar-refractivity contribution in [2.45, 2.75) is 33.7 Å². The number of furan rings is 1. The van der Waals surface area contributed by atoms with E-state index in [4.69, 9.17) is 4.42 Å². The number of aromatic nitrogens is 2. The van der Waals surface area contributed by atoms with Crippen LogP contribution in [0.25, 0.3) is 33.2 Å². The zero-order chi connectivity index (χ0) is 24.4. The third-order valence-corrected chi connectivity index (χ3v) is 5.88. The van der Waals surface area contributed by atoms with E-state index < -0.39 is 0 Å². The smallest absolute Gasteiger partial charge is 0.514 e. The molecule has 0 fully saturated rings. The molecule has 2 aromatic carbocycles. The van der Waals surface area contributed by atoms with Crippen molar-refractivity contribution in [3.63, 3.8) is 0 Å². The maximum Gasteiger partial charge on any atom is 3.00 e. The predicted molar refractivity (Wildman–Crippen MR) is 141 cm³/mol. The summed E-state index contributed by atoms with van der Waals surface area (Å²) in [6.07, 6.45) is 5.89. The minimum Gasteiger partial charge on any atom is -0.514 e. The third-order valence-electron chi connectivity index (χ3n) is 5.88. The Morgan fingerprint density at radius 2 is 1.75 bits per heavy atom. The van der Waals surface area contributed by atoms with Crippen molar-refractivity contribution in [2.75, 3.05) is 4.90 Å². The molecule has 0 bridgehead atoms. The van der Waals surface area contributed by atoms with Crippen LogP contribution in [0.1, 0.15) is 25.2 Å². The average molecular weight is 652 g/mol. The number of benzene rings is 2. The number of anilines is 1. The summed E-state index contributed by atoms with van der Waals surface area (Å²) in [7, 11) is 0. The fourth-order valence-electron chi connectivity index (χ4n) is 4.08. The summed E-state index contributed by atoms with van der Waals surface area (Å²) < 4.78 is 6.05. The molecule has 6 rings (SSSR count). The zero-order valence-electron chi connectivity index (χ0n) is 20.7. The molecule has 5 nitrogen and oxygen atoms in total. The van der Waals surface area contributed by atoms with Crippen LogP contribution in [0.5, 0.6) is 0 Å². The third kappa shape index (κ3) is 5.20. The van der Waals surface area contributed by atoms with Crippen LogP contribution in [0.15, 0.2) is 83.7 Å². The predicted octanol–water partition coefficient (Wildman–Crippen LogP) is 7.07. The van der Waals surface area contributed by atoms with E-state index >= 15 is 0 Å². The van der Waals surface area contributed by atoms with Crippen molar-refractivity contribution in [2.24, 2.45) is 0 Å². The van der Waals surface area contributed by atoms with Crippen LogP contribution in [0.2, 0.25) is 0 Å². The fourth-order valence-corrected chi connectivity index (χ4v) is 4.08. The first-order chi connectivity index (χ1) is 17.0. The summed E-state index contributed by atoms with van der Waals surface area (Å²) in [5, 5.41) is 2.27. The molecule has 3 aromatic heterocycles. The molecule has 0 unspecified atom stereocenters. The Kier molecular flexibility index (Phi) is 7.88. The van der Waals surface area contributed by atoms with Crippen LogP contribution in [-0.2, 0) is 20.1 Å². The summed E-state index contributed by atoms with van der Waals surface area (Å²) in [4.78, 5) is 12.9. The largest absolute Gasteiger partial charge is 3.00 e. The van der Waals surface area contributed by atoms with Gasteiger partial charge >= 0.3 is 20.1 Å². The second kappa shape index (κ2) is 11.1. The zero-order valence-corrected chi connectivity index (χ0v) is 23.1. The van der Waals surface area contributed by atoms with Crippen LogP contribution in [0.3, 0.4) is 0 Å². The molecular formula is C30H27IrN4O. The van der Waals surface area contributed by atoms with Crippen molar-refractivity contribution >= 4 is 27.6 Å². The normalized spacial score (nSPS) is 12.7. The average Bonchev–Trinajstić information content (AvgIpc) is 3.50. The van der Waals surface area contributed by atoms with Gasteiger partial charge in [0, 0.05) is 17.2 Å². The van der Waals surface area contributed by atoms with Gasteiger partial charge in [-0.15, -0.1) is 17.7 Å². The van der Waals surface area contributed by atoms with E-state index in [1.807, 2.05) is 68.6 Å². The first-order valence-electron chi connectivity index (χ1n) is 11.7. The molecule has 0 saturated carbocycles. The number of pyridine rings is 2. The number of fused-ring (bicyclic) bond motifs is 3. The minimum atomic E-state index is 0. The Balaban J connectivity index is 0.000000178. The molecule has 36 heavy (non-hydrogen) atoms. The number of rotatable bonds is 3. The second-order valence-corrected chi connectivity index (χ2v) is 8.75. The summed E-state index contributed by atoms with van der Waals surface area (Å²) >= 11 is 0. The number of aryl methyl sites for hydroxylation is 2. The van der Waals surface area contributed by atoms with Crippen LogP contribution in [0.4, 0.5) is 5.69 Å². The first kappa shape index (κ1) is 25.6. The van der Waals surface area contributed by atoms with Crippen molar-refractivity contribution < 1.29 is 24.5 Å². The van der Waals surface area contributed by atoms with Gasteiger partial charge in [-0.3, -0.25) is 0 Å². The summed E-state index contributed by atoms with van der Waals surface area (Å²) in [6.45, 7) is 10.3. The summed E-state index contributed by atoms with van der Waals surface area (Å²) in [5.41, 5.74) is 6.62. The molecule has 0 aliphatic carbocycles. The van der Waals surface area contributed by atoms with Crippen molar-refractivity contribution in [3.8, 4) is 11.3 Å². The van der Waals surface area contributed by atoms with E-state index in [0.29, 0.717) is 6.04 Å². The number of hydrogen-bond acceptors (Lipinski definition) is 5. The van der Waals surface area contributed by atoms with Gasteiger partial charge in [0.05, 0.1) is 0 Å². The Labute approximate surface area is 225 Å². The molecule has 5 aromatic rings. The molecule has 4 heterocycles. The van der Waals surface area contributed by atoms with Gasteiger partial charge in [0.1, 0.15) is 5.58 Å². The van der Waals surface area contributed by atoms with Gasteiger partial charge in [-0.25, -0.2) is 0 Å². The minimum absolute atomic E-state index is 0. The van der Waals surface area contributed by atoms with Crippen molar-refractivity contribution in [3.05, 3.63) is 109 Å². The van der Waals surface area contributed by atoms with Gasteiger partial charge in [0.25, 0.3) is 0 Å². The first-order valence-corrected chi connectivity index (χ1v) is 11.7. The van der Waals surface area contributed by atoms with Crippen LogP contribution in [0, 0.1) is 32.6 Å². The molecule has 6 heteroatoms. The maximum atomic E-state index is 6.05. The molecule has 0 spiro atoms. The Morgan fingerprint density at radius 1 is 0.944 bits per heavy atom. The van der Waals surface area contributed by atoms with Gasteiger partial charge in [-0.05, 0) is 61.5 Å². The molecule has 0 radical (unpaired) electrons. The van der Waals surface area contributed by atoms with E-state index in [1.165, 1.54) is 0 Å². The van der Waals surface area contributed by atoms with Gasteiger partial charge in [0.2, 0.25) is 0 Å². The van der Waals surface area contributed by atoms with E-state index in [0.717, 1.165) is 50.3 Å². The van der Waals surface area contributed by atoms with Gasteiger partial charge in [-0.1, -0.05) is 55.3 Å². The van der Waals surface area contributed by atoms with E-state index in [1.54, 1.807) is 6.20 Å². The summed E-state index contributed by atoms with van der Waals surface area (Å²) in [6, 6.07) is 26.8. The van der Waals surface area contributed by atoms with Crippen molar-refractivity contribution in [1.29, 1.82) is 0 Å². The van der Waals surface area contributed by atoms with Crippen LogP contribution in [-0.4, -0.2) is 20.9 Å². The second-order valence-electron chi connectivity index (χ2n) is 8.75. The molecule has 182 valence electrons. The van der Waals surface area contributed by atoms with Crippen LogP contribution < -0.4 is 4.90 Å². The SMILES string of the molecule is CC(C)N1C=CN(c2[c-]ccc3c2oc2ccccc23)[CH-]1.Cc1c[c-]c(-c2ccccn2)c(C)n1.[Ir+3]. The van der Waals surface area contributed by atoms with E-state index in [2.05, 4.69) is 70.7 Å². The monoisotopic (exact) mass is 652 g/mol. The molecule has 0 N–H and O–H groups in total. The molecule has 1 aliphatic heterocycles. The molecule has 1 aliphatic rings. The number of nitrogens with zero attached hydrogens (tertiary/aromatic N) is 4. The molecular weight excluding hydrogens is 625 g/mol. The van der Waals surface area contributed by atoms with Gasteiger partial charge in [0.15, 0.2) is 0 Å². The number of hydrogen-bond donors (Lipinski definition) is 0. The Bertz CT molecular complexity index is 1490. The quantitative estimate of drug-likeness (QED) is 0.196. The topological polar surface area (TPSA) is 45.4 Å². The molecule has 0 atom stereocenters. The Hall–Kier alpha value is -3.47. The maximum absolute atomic E-state index is 6.05. The van der Waals surface area contributed by atoms with E-state index in [-0.39, 0.29) is 20.1 Å². The van der Waals surface area contributed by atoms with Crippen molar-refractivity contribution in [1.82, 2.24) is 14.9 Å². The van der Waals surface area contributed by atoms with Crippen LogP contribution >= 0.6 is 0 Å². The van der Waals surface area contributed by atoms with Gasteiger partial charge in [-0.2, -0.15) is 24.9 Å². The molecule has 0 amide bonds. The fraction of sp³-hybridized carbons (Fsp3) is 0.167. The standard InChI is InChI=1S/C18H16N2O.C12H11N2.Ir/c1-13(2)19-10-11-20(12-19)16-8-5-7-15-14-6-3-4-9-17(14)21-18(15)16;1-9-6-7-11(10(2)14-9)12-5-3-4-8-13-12;/h3-7,9-13H,1-2H3;3-6,8H,1-2H3;/q-2;-1;+3. The van der Waals surface area contributed by atoms with E-state index in [9.17, 15) is 0 Å². The molecule has 0 saturated heterocycles. The Morgan fingerprint density at radius 3 is 2.47 bits per heavy atom. The van der Waals surface area contributed by atoms with Gasteiger partial charge < -0.3 is 24.2 Å².